The lowest BCUT2D eigenvalue weighted by Crippen LogP contribution is -2.43. The fourth-order valence-corrected chi connectivity index (χ4v) is 3.05. The molecule has 0 radical (unpaired) electrons. The minimum Gasteiger partial charge on any atom is -0.396 e. The first-order valence-corrected chi connectivity index (χ1v) is 9.69. The van der Waals surface area contributed by atoms with Crippen molar-refractivity contribution < 1.29 is 13.5 Å². The van der Waals surface area contributed by atoms with Crippen molar-refractivity contribution in [1.82, 2.24) is 10.6 Å². The molecule has 24 heavy (non-hydrogen) atoms. The Labute approximate surface area is 145 Å². The Hall–Kier alpha value is -1.60. The molecule has 6 nitrogen and oxygen atoms in total. The number of aliphatic imine (C=N–C) groups is 1. The van der Waals surface area contributed by atoms with E-state index < -0.39 is 14.6 Å². The second-order valence-corrected chi connectivity index (χ2v) is 9.46. The molecule has 0 aliphatic heterocycles. The molecular weight excluding hydrogens is 326 g/mol. The molecule has 1 atom stereocenters. The molecule has 0 aliphatic rings. The van der Waals surface area contributed by atoms with Crippen molar-refractivity contribution in [3.63, 3.8) is 0 Å². The van der Waals surface area contributed by atoms with E-state index in [-0.39, 0.29) is 24.8 Å². The molecule has 0 aromatic heterocycles. The first-order valence-electron chi connectivity index (χ1n) is 8.04. The number of rotatable bonds is 7. The zero-order valence-corrected chi connectivity index (χ0v) is 15.7. The van der Waals surface area contributed by atoms with E-state index in [0.29, 0.717) is 12.5 Å². The lowest BCUT2D eigenvalue weighted by Gasteiger charge is -2.21. The van der Waals surface area contributed by atoms with E-state index in [0.717, 1.165) is 5.56 Å². The third kappa shape index (κ3) is 6.13. The van der Waals surface area contributed by atoms with E-state index in [1.54, 1.807) is 27.8 Å². The molecule has 1 aromatic rings. The van der Waals surface area contributed by atoms with Crippen LogP contribution in [-0.4, -0.2) is 56.7 Å². The Kier molecular flexibility index (Phi) is 7.69. The highest BCUT2D eigenvalue weighted by molar-refractivity contribution is 7.92. The Bertz CT molecular complexity index is 622. The summed E-state index contributed by atoms with van der Waals surface area (Å²) in [6, 6.07) is 9.73. The third-order valence-corrected chi connectivity index (χ3v) is 6.43. The summed E-state index contributed by atoms with van der Waals surface area (Å²) in [6.07, 6.45) is 0. The maximum atomic E-state index is 12.1. The van der Waals surface area contributed by atoms with Gasteiger partial charge in [0.15, 0.2) is 15.8 Å². The molecule has 1 unspecified atom stereocenters. The van der Waals surface area contributed by atoms with Crippen LogP contribution in [-0.2, 0) is 9.84 Å². The van der Waals surface area contributed by atoms with Crippen LogP contribution in [0.15, 0.2) is 35.3 Å². The minimum absolute atomic E-state index is 0.0202. The predicted octanol–water partition coefficient (Wildman–Crippen LogP) is 1.14. The molecule has 3 N–H and O–H groups in total. The molecule has 0 saturated carbocycles. The summed E-state index contributed by atoms with van der Waals surface area (Å²) in [5.41, 5.74) is 1.04. The largest absolute Gasteiger partial charge is 0.396 e. The molecule has 7 heteroatoms. The van der Waals surface area contributed by atoms with Crippen LogP contribution in [0.2, 0.25) is 0 Å². The number of guanidine groups is 1. The van der Waals surface area contributed by atoms with Crippen LogP contribution < -0.4 is 10.6 Å². The van der Waals surface area contributed by atoms with Crippen molar-refractivity contribution in [3.05, 3.63) is 35.9 Å². The average molecular weight is 356 g/mol. The molecule has 0 saturated heterocycles. The van der Waals surface area contributed by atoms with Gasteiger partial charge >= 0.3 is 0 Å². The first-order chi connectivity index (χ1) is 11.2. The van der Waals surface area contributed by atoms with Crippen LogP contribution in [0, 0.1) is 0 Å². The maximum Gasteiger partial charge on any atom is 0.191 e. The van der Waals surface area contributed by atoms with E-state index in [4.69, 9.17) is 0 Å². The highest BCUT2D eigenvalue weighted by atomic mass is 32.2. The maximum absolute atomic E-state index is 12.1. The van der Waals surface area contributed by atoms with Crippen LogP contribution >= 0.6 is 0 Å². The molecule has 0 amide bonds. The lowest BCUT2D eigenvalue weighted by molar-refractivity contribution is 0.265. The van der Waals surface area contributed by atoms with E-state index in [1.165, 1.54) is 0 Å². The topological polar surface area (TPSA) is 90.8 Å². The number of sulfone groups is 1. The van der Waals surface area contributed by atoms with Crippen LogP contribution in [0.5, 0.6) is 0 Å². The van der Waals surface area contributed by atoms with E-state index in [9.17, 15) is 13.5 Å². The molecular formula is C17H29N3O3S. The highest BCUT2D eigenvalue weighted by Gasteiger charge is 2.28. The van der Waals surface area contributed by atoms with Gasteiger partial charge in [-0.15, -0.1) is 0 Å². The van der Waals surface area contributed by atoms with E-state index in [1.807, 2.05) is 30.3 Å². The number of nitrogens with zero attached hydrogens (tertiary/aromatic N) is 1. The van der Waals surface area contributed by atoms with Crippen LogP contribution in [0.25, 0.3) is 0 Å². The SMILES string of the molecule is CN=C(NCCS(=O)(=O)C(C)(C)C)NCC(CO)c1ccccc1. The highest BCUT2D eigenvalue weighted by Crippen LogP contribution is 2.15. The van der Waals surface area contributed by atoms with Crippen LogP contribution in [0.1, 0.15) is 32.3 Å². The van der Waals surface area contributed by atoms with Crippen LogP contribution in [0.4, 0.5) is 0 Å². The van der Waals surface area contributed by atoms with Crippen molar-refractivity contribution in [3.8, 4) is 0 Å². The number of hydrogen-bond donors (Lipinski definition) is 3. The quantitative estimate of drug-likeness (QED) is 0.504. The third-order valence-electron chi connectivity index (χ3n) is 3.83. The fraction of sp³-hybridized carbons (Fsp3) is 0.588. The summed E-state index contributed by atoms with van der Waals surface area (Å²) in [4.78, 5) is 4.09. The van der Waals surface area contributed by atoms with Gasteiger partial charge in [0.2, 0.25) is 0 Å². The molecule has 0 bridgehead atoms. The summed E-state index contributed by atoms with van der Waals surface area (Å²) in [5.74, 6) is 0.510. The Balaban J connectivity index is 2.51. The van der Waals surface area contributed by atoms with E-state index in [2.05, 4.69) is 15.6 Å². The Morgan fingerprint density at radius 1 is 1.21 bits per heavy atom. The van der Waals surface area contributed by atoms with Gasteiger partial charge in [-0.05, 0) is 26.3 Å². The Morgan fingerprint density at radius 2 is 1.83 bits per heavy atom. The van der Waals surface area contributed by atoms with Gasteiger partial charge in [-0.1, -0.05) is 30.3 Å². The molecule has 0 aliphatic carbocycles. The van der Waals surface area contributed by atoms with Gasteiger partial charge in [-0.2, -0.15) is 0 Å². The Morgan fingerprint density at radius 3 is 2.33 bits per heavy atom. The second kappa shape index (κ2) is 9.03. The van der Waals surface area contributed by atoms with Gasteiger partial charge in [0.25, 0.3) is 0 Å². The number of hydrogen-bond acceptors (Lipinski definition) is 4. The molecule has 0 fully saturated rings. The van der Waals surface area contributed by atoms with Gasteiger partial charge in [-0.3, -0.25) is 4.99 Å². The number of nitrogens with one attached hydrogen (secondary N) is 2. The second-order valence-electron chi connectivity index (χ2n) is 6.60. The zero-order chi connectivity index (χ0) is 18.2. The summed E-state index contributed by atoms with van der Waals surface area (Å²) in [5, 5.41) is 15.7. The fourth-order valence-electron chi connectivity index (χ4n) is 2.06. The standard InChI is InChI=1S/C17H29N3O3S/c1-17(2,3)24(22,23)11-10-19-16(18-4)20-12-15(13-21)14-8-6-5-7-9-14/h5-9,15,21H,10-13H2,1-4H3,(H2,18,19,20). The summed E-state index contributed by atoms with van der Waals surface area (Å²) < 4.78 is 23.4. The average Bonchev–Trinajstić information content (AvgIpc) is 2.53. The zero-order valence-electron chi connectivity index (χ0n) is 14.9. The van der Waals surface area contributed by atoms with E-state index >= 15 is 0 Å². The van der Waals surface area contributed by atoms with Crippen LogP contribution in [0.3, 0.4) is 0 Å². The van der Waals surface area contributed by atoms with Gasteiger partial charge in [0.1, 0.15) is 0 Å². The molecule has 1 aromatic carbocycles. The predicted molar refractivity (Wildman–Crippen MR) is 99.2 cm³/mol. The summed E-state index contributed by atoms with van der Waals surface area (Å²) >= 11 is 0. The number of aliphatic hydroxyl groups is 1. The normalized spacial score (nSPS) is 14.3. The van der Waals surface area contributed by atoms with Gasteiger partial charge < -0.3 is 15.7 Å². The van der Waals surface area contributed by atoms with Gasteiger partial charge in [0.05, 0.1) is 17.1 Å². The summed E-state index contributed by atoms with van der Waals surface area (Å²) in [7, 11) is -1.54. The van der Waals surface area contributed by atoms with Crippen molar-refractivity contribution in [1.29, 1.82) is 0 Å². The van der Waals surface area contributed by atoms with Gasteiger partial charge in [0, 0.05) is 26.1 Å². The number of benzene rings is 1. The molecule has 0 heterocycles. The first kappa shape index (κ1) is 20.4. The molecule has 1 rings (SSSR count). The minimum atomic E-state index is -3.17. The van der Waals surface area contributed by atoms with Crippen molar-refractivity contribution >= 4 is 15.8 Å². The monoisotopic (exact) mass is 355 g/mol. The van der Waals surface area contributed by atoms with Crippen molar-refractivity contribution in [2.45, 2.75) is 31.4 Å². The van der Waals surface area contributed by atoms with Crippen molar-refractivity contribution in [2.24, 2.45) is 4.99 Å². The number of aliphatic hydroxyl groups excluding tert-OH is 1. The smallest absolute Gasteiger partial charge is 0.191 e. The summed E-state index contributed by atoms with van der Waals surface area (Å²) in [6.45, 7) is 5.90. The molecule has 136 valence electrons. The lowest BCUT2D eigenvalue weighted by atomic mass is 10.0. The molecule has 0 spiro atoms. The van der Waals surface area contributed by atoms with Crippen molar-refractivity contribution in [2.75, 3.05) is 32.5 Å². The van der Waals surface area contributed by atoms with Gasteiger partial charge in [-0.25, -0.2) is 8.42 Å².